The molecular weight excluding hydrogens is 344 g/mol. The zero-order valence-electron chi connectivity index (χ0n) is 15.6. The quantitative estimate of drug-likeness (QED) is 0.732. The number of nitrogens with zero attached hydrogens (tertiary/aromatic N) is 5. The normalized spacial score (nSPS) is 16.8. The number of hydrogen-bond acceptors (Lipinski definition) is 8. The SMILES string of the molecule is CC(C)c1noc(C2CCN(c3nnc([C@H](N)c4ccccc4)o3)CC2)n1. The van der Waals surface area contributed by atoms with E-state index in [4.69, 9.17) is 14.7 Å². The molecule has 3 aromatic rings. The van der Waals surface area contributed by atoms with Crippen LogP contribution >= 0.6 is 0 Å². The maximum Gasteiger partial charge on any atom is 0.318 e. The molecule has 0 unspecified atom stereocenters. The first kappa shape index (κ1) is 17.7. The molecule has 0 saturated carbocycles. The largest absolute Gasteiger partial charge is 0.406 e. The van der Waals surface area contributed by atoms with Crippen LogP contribution in [0.3, 0.4) is 0 Å². The monoisotopic (exact) mass is 368 g/mol. The van der Waals surface area contributed by atoms with Gasteiger partial charge < -0.3 is 19.6 Å². The predicted molar refractivity (Wildman–Crippen MR) is 99.3 cm³/mol. The topological polar surface area (TPSA) is 107 Å². The molecule has 1 aliphatic rings. The van der Waals surface area contributed by atoms with Crippen molar-refractivity contribution in [1.82, 2.24) is 20.3 Å². The fourth-order valence-electron chi connectivity index (χ4n) is 3.25. The minimum absolute atomic E-state index is 0.272. The number of hydrogen-bond donors (Lipinski definition) is 1. The van der Waals surface area contributed by atoms with E-state index in [-0.39, 0.29) is 11.8 Å². The van der Waals surface area contributed by atoms with E-state index in [9.17, 15) is 0 Å². The van der Waals surface area contributed by atoms with E-state index < -0.39 is 6.04 Å². The highest BCUT2D eigenvalue weighted by Gasteiger charge is 2.28. The average Bonchev–Trinajstić information content (AvgIpc) is 3.38. The molecule has 4 rings (SSSR count). The van der Waals surface area contributed by atoms with Gasteiger partial charge in [0.1, 0.15) is 6.04 Å². The van der Waals surface area contributed by atoms with Crippen LogP contribution in [-0.2, 0) is 0 Å². The number of benzene rings is 1. The molecule has 0 bridgehead atoms. The molecule has 2 N–H and O–H groups in total. The Bertz CT molecular complexity index is 867. The minimum Gasteiger partial charge on any atom is -0.406 e. The van der Waals surface area contributed by atoms with Gasteiger partial charge in [-0.2, -0.15) is 4.98 Å². The van der Waals surface area contributed by atoms with E-state index in [1.54, 1.807) is 0 Å². The molecule has 1 aliphatic heterocycles. The van der Waals surface area contributed by atoms with Crippen molar-refractivity contribution in [1.29, 1.82) is 0 Å². The van der Waals surface area contributed by atoms with Crippen molar-refractivity contribution in [3.05, 3.63) is 53.5 Å². The van der Waals surface area contributed by atoms with Gasteiger partial charge in [-0.3, -0.25) is 0 Å². The Labute approximate surface area is 157 Å². The van der Waals surface area contributed by atoms with Gasteiger partial charge in [0.25, 0.3) is 0 Å². The molecule has 8 nitrogen and oxygen atoms in total. The van der Waals surface area contributed by atoms with Gasteiger partial charge in [-0.05, 0) is 18.4 Å². The molecule has 1 fully saturated rings. The fourth-order valence-corrected chi connectivity index (χ4v) is 3.25. The maximum absolute atomic E-state index is 6.24. The summed E-state index contributed by atoms with van der Waals surface area (Å²) in [5.41, 5.74) is 7.19. The molecule has 1 atom stereocenters. The molecular formula is C19H24N6O2. The van der Waals surface area contributed by atoms with Crippen molar-refractivity contribution in [2.24, 2.45) is 5.73 Å². The third kappa shape index (κ3) is 3.71. The van der Waals surface area contributed by atoms with Gasteiger partial charge >= 0.3 is 6.01 Å². The summed E-state index contributed by atoms with van der Waals surface area (Å²) in [6.07, 6.45) is 1.81. The zero-order chi connectivity index (χ0) is 18.8. The third-order valence-corrected chi connectivity index (χ3v) is 4.94. The second-order valence-electron chi connectivity index (χ2n) is 7.22. The van der Waals surface area contributed by atoms with E-state index in [0.717, 1.165) is 43.2 Å². The van der Waals surface area contributed by atoms with Crippen molar-refractivity contribution >= 4 is 6.01 Å². The standard InChI is InChI=1S/C19H24N6O2/c1-12(2)16-21-17(27-24-16)14-8-10-25(11-9-14)19-23-22-18(26-19)15(20)13-6-4-3-5-7-13/h3-7,12,14-15H,8-11,20H2,1-2H3/t15-/m1/s1. The first-order valence-corrected chi connectivity index (χ1v) is 9.34. The average molecular weight is 368 g/mol. The van der Waals surface area contributed by atoms with Crippen LogP contribution < -0.4 is 10.6 Å². The van der Waals surface area contributed by atoms with Crippen LogP contribution in [0.5, 0.6) is 0 Å². The molecule has 3 heterocycles. The van der Waals surface area contributed by atoms with Gasteiger partial charge in [0.15, 0.2) is 5.82 Å². The summed E-state index contributed by atoms with van der Waals surface area (Å²) in [7, 11) is 0. The van der Waals surface area contributed by atoms with Crippen molar-refractivity contribution in [3.63, 3.8) is 0 Å². The summed E-state index contributed by atoms with van der Waals surface area (Å²) in [6.45, 7) is 5.72. The lowest BCUT2D eigenvalue weighted by molar-refractivity contribution is 0.322. The minimum atomic E-state index is -0.419. The van der Waals surface area contributed by atoms with Crippen LogP contribution in [0.2, 0.25) is 0 Å². The van der Waals surface area contributed by atoms with E-state index >= 15 is 0 Å². The molecule has 142 valence electrons. The Hall–Kier alpha value is -2.74. The third-order valence-electron chi connectivity index (χ3n) is 4.94. The van der Waals surface area contributed by atoms with E-state index in [2.05, 4.69) is 39.1 Å². The van der Waals surface area contributed by atoms with Gasteiger partial charge in [0.05, 0.1) is 0 Å². The zero-order valence-corrected chi connectivity index (χ0v) is 15.6. The van der Waals surface area contributed by atoms with Crippen LogP contribution in [-0.4, -0.2) is 33.4 Å². The van der Waals surface area contributed by atoms with Crippen molar-refractivity contribution < 1.29 is 8.94 Å². The summed E-state index contributed by atoms with van der Waals surface area (Å²) in [4.78, 5) is 6.62. The lowest BCUT2D eigenvalue weighted by Crippen LogP contribution is -2.33. The van der Waals surface area contributed by atoms with Crippen LogP contribution in [0.15, 0.2) is 39.3 Å². The smallest absolute Gasteiger partial charge is 0.318 e. The molecule has 0 spiro atoms. The fraction of sp³-hybridized carbons (Fsp3) is 0.474. The molecule has 1 aromatic carbocycles. The molecule has 27 heavy (non-hydrogen) atoms. The Morgan fingerprint density at radius 1 is 1.11 bits per heavy atom. The van der Waals surface area contributed by atoms with Gasteiger partial charge in [-0.15, -0.1) is 5.10 Å². The second-order valence-corrected chi connectivity index (χ2v) is 7.22. The van der Waals surface area contributed by atoms with Crippen LogP contribution in [0, 0.1) is 0 Å². The predicted octanol–water partition coefficient (Wildman–Crippen LogP) is 3.01. The summed E-state index contributed by atoms with van der Waals surface area (Å²) >= 11 is 0. The summed E-state index contributed by atoms with van der Waals surface area (Å²) in [6, 6.07) is 9.85. The first-order valence-electron chi connectivity index (χ1n) is 9.34. The Morgan fingerprint density at radius 3 is 2.52 bits per heavy atom. The lowest BCUT2D eigenvalue weighted by atomic mass is 9.97. The summed E-state index contributed by atoms with van der Waals surface area (Å²) < 4.78 is 11.3. The van der Waals surface area contributed by atoms with Crippen LogP contribution in [0.4, 0.5) is 6.01 Å². The Kier molecular flexibility index (Phi) is 4.89. The number of aromatic nitrogens is 4. The van der Waals surface area contributed by atoms with Crippen LogP contribution in [0.1, 0.15) is 67.7 Å². The van der Waals surface area contributed by atoms with E-state index in [1.165, 1.54) is 0 Å². The molecule has 8 heteroatoms. The Balaban J connectivity index is 1.39. The molecule has 1 saturated heterocycles. The summed E-state index contributed by atoms with van der Waals surface area (Å²) in [5.74, 6) is 2.47. The van der Waals surface area contributed by atoms with Gasteiger partial charge in [-0.25, -0.2) is 0 Å². The lowest BCUT2D eigenvalue weighted by Gasteiger charge is -2.28. The van der Waals surface area contributed by atoms with Crippen molar-refractivity contribution in [2.75, 3.05) is 18.0 Å². The number of rotatable bonds is 5. The number of piperidine rings is 1. The van der Waals surface area contributed by atoms with Crippen molar-refractivity contribution in [2.45, 2.75) is 44.6 Å². The van der Waals surface area contributed by atoms with Gasteiger partial charge in [0.2, 0.25) is 11.8 Å². The number of nitrogens with two attached hydrogens (primary N) is 1. The Morgan fingerprint density at radius 2 is 1.85 bits per heavy atom. The second kappa shape index (κ2) is 7.48. The molecule has 0 amide bonds. The first-order chi connectivity index (χ1) is 13.1. The molecule has 0 radical (unpaired) electrons. The van der Waals surface area contributed by atoms with Gasteiger partial charge in [0, 0.05) is 24.9 Å². The summed E-state index contributed by atoms with van der Waals surface area (Å²) in [5, 5.41) is 12.4. The van der Waals surface area contributed by atoms with Gasteiger partial charge in [-0.1, -0.05) is 54.4 Å². The van der Waals surface area contributed by atoms with Crippen molar-refractivity contribution in [3.8, 4) is 0 Å². The maximum atomic E-state index is 6.24. The number of anilines is 1. The highest BCUT2D eigenvalue weighted by atomic mass is 16.5. The molecule has 0 aliphatic carbocycles. The van der Waals surface area contributed by atoms with E-state index in [1.807, 2.05) is 30.3 Å². The molecule has 2 aromatic heterocycles. The highest BCUT2D eigenvalue weighted by Crippen LogP contribution is 2.30. The van der Waals surface area contributed by atoms with Crippen LogP contribution in [0.25, 0.3) is 0 Å². The highest BCUT2D eigenvalue weighted by molar-refractivity contribution is 5.28. The van der Waals surface area contributed by atoms with E-state index in [0.29, 0.717) is 11.9 Å².